The van der Waals surface area contributed by atoms with Crippen molar-refractivity contribution < 1.29 is 19.1 Å². The number of ether oxygens (including phenoxy) is 2. The van der Waals surface area contributed by atoms with E-state index in [9.17, 15) is 9.59 Å². The molecule has 1 N–H and O–H groups in total. The zero-order valence-electron chi connectivity index (χ0n) is 11.6. The molecule has 0 atom stereocenters. The van der Waals surface area contributed by atoms with E-state index < -0.39 is 0 Å². The van der Waals surface area contributed by atoms with E-state index in [2.05, 4.69) is 11.9 Å². The monoisotopic (exact) mass is 277 g/mol. The van der Waals surface area contributed by atoms with Gasteiger partial charge in [0.15, 0.2) is 0 Å². The van der Waals surface area contributed by atoms with Crippen molar-refractivity contribution in [1.82, 2.24) is 5.32 Å². The third kappa shape index (κ3) is 5.14. The molecule has 0 saturated carbocycles. The molecule has 0 aliphatic heterocycles. The molecule has 5 nitrogen and oxygen atoms in total. The van der Waals surface area contributed by atoms with Crippen molar-refractivity contribution >= 4 is 11.9 Å². The van der Waals surface area contributed by atoms with Gasteiger partial charge in [-0.1, -0.05) is 24.8 Å². The largest absolute Gasteiger partial charge is 0.489 e. The molecule has 1 aromatic carbocycles. The second-order valence-corrected chi connectivity index (χ2v) is 3.91. The van der Waals surface area contributed by atoms with Crippen molar-refractivity contribution in [1.29, 1.82) is 0 Å². The van der Waals surface area contributed by atoms with E-state index >= 15 is 0 Å². The van der Waals surface area contributed by atoms with Crippen LogP contribution in [-0.4, -0.2) is 31.6 Å². The highest BCUT2D eigenvalue weighted by Crippen LogP contribution is 2.17. The second-order valence-electron chi connectivity index (χ2n) is 3.91. The first-order valence-electron chi connectivity index (χ1n) is 6.45. The Morgan fingerprint density at radius 3 is 2.80 bits per heavy atom. The fourth-order valence-electron chi connectivity index (χ4n) is 1.54. The normalized spacial score (nSPS) is 9.65. The van der Waals surface area contributed by atoms with Crippen LogP contribution in [0, 0.1) is 0 Å². The third-order valence-corrected chi connectivity index (χ3v) is 2.41. The lowest BCUT2D eigenvalue weighted by molar-refractivity contribution is -0.142. The van der Waals surface area contributed by atoms with E-state index in [0.29, 0.717) is 24.5 Å². The zero-order chi connectivity index (χ0) is 14.8. The summed E-state index contributed by atoms with van der Waals surface area (Å²) < 4.78 is 10.2. The van der Waals surface area contributed by atoms with Gasteiger partial charge in [-0.25, -0.2) is 0 Å². The van der Waals surface area contributed by atoms with Crippen molar-refractivity contribution in [2.24, 2.45) is 0 Å². The quantitative estimate of drug-likeness (QED) is 0.582. The standard InChI is InChI=1S/C15H19NO4/c1-3-11-20-13-8-6-5-7-12(13)15(18)16-10-9-14(17)19-4-2/h3,5-8H,1,4,9-11H2,2H3,(H,16,18). The first kappa shape index (κ1) is 15.8. The summed E-state index contributed by atoms with van der Waals surface area (Å²) in [4.78, 5) is 23.2. The number of carbonyl (C=O) groups is 2. The Bertz CT molecular complexity index is 471. The number of carbonyl (C=O) groups excluding carboxylic acids is 2. The van der Waals surface area contributed by atoms with Gasteiger partial charge in [-0.15, -0.1) is 0 Å². The minimum Gasteiger partial charge on any atom is -0.489 e. The molecular weight excluding hydrogens is 258 g/mol. The predicted octanol–water partition coefficient (Wildman–Crippen LogP) is 1.93. The van der Waals surface area contributed by atoms with Gasteiger partial charge >= 0.3 is 5.97 Å². The van der Waals surface area contributed by atoms with Crippen molar-refractivity contribution in [2.75, 3.05) is 19.8 Å². The number of para-hydroxylation sites is 1. The number of amides is 1. The van der Waals surface area contributed by atoms with Gasteiger partial charge in [0.1, 0.15) is 12.4 Å². The summed E-state index contributed by atoms with van der Waals surface area (Å²) in [5.41, 5.74) is 0.429. The van der Waals surface area contributed by atoms with E-state index in [1.54, 1.807) is 37.3 Å². The molecule has 0 bridgehead atoms. The Kier molecular flexibility index (Phi) is 6.89. The number of nitrogens with one attached hydrogen (secondary N) is 1. The van der Waals surface area contributed by atoms with Crippen molar-refractivity contribution in [3.05, 3.63) is 42.5 Å². The van der Waals surface area contributed by atoms with Crippen LogP contribution in [0.15, 0.2) is 36.9 Å². The van der Waals surface area contributed by atoms with Crippen LogP contribution >= 0.6 is 0 Å². The minimum atomic E-state index is -0.330. The average Bonchev–Trinajstić information content (AvgIpc) is 2.45. The fourth-order valence-corrected chi connectivity index (χ4v) is 1.54. The van der Waals surface area contributed by atoms with Crippen LogP contribution in [-0.2, 0) is 9.53 Å². The van der Waals surface area contributed by atoms with Crippen LogP contribution in [0.25, 0.3) is 0 Å². The Hall–Kier alpha value is -2.30. The number of esters is 1. The maximum Gasteiger partial charge on any atom is 0.307 e. The van der Waals surface area contributed by atoms with Crippen LogP contribution in [0.2, 0.25) is 0 Å². The summed E-state index contributed by atoms with van der Waals surface area (Å²) in [6, 6.07) is 6.91. The minimum absolute atomic E-state index is 0.148. The molecule has 1 rings (SSSR count). The molecule has 108 valence electrons. The lowest BCUT2D eigenvalue weighted by Gasteiger charge is -2.10. The molecule has 0 radical (unpaired) electrons. The van der Waals surface area contributed by atoms with Gasteiger partial charge in [0.25, 0.3) is 5.91 Å². The smallest absolute Gasteiger partial charge is 0.307 e. The molecule has 0 aliphatic carbocycles. The molecule has 5 heteroatoms. The van der Waals surface area contributed by atoms with E-state index in [4.69, 9.17) is 9.47 Å². The second kappa shape index (κ2) is 8.74. The van der Waals surface area contributed by atoms with E-state index in [0.717, 1.165) is 0 Å². The molecule has 0 saturated heterocycles. The molecule has 0 aliphatic rings. The van der Waals surface area contributed by atoms with Crippen LogP contribution in [0.3, 0.4) is 0 Å². The first-order valence-corrected chi connectivity index (χ1v) is 6.45. The van der Waals surface area contributed by atoms with Crippen molar-refractivity contribution in [2.45, 2.75) is 13.3 Å². The fraction of sp³-hybridized carbons (Fsp3) is 0.333. The SMILES string of the molecule is C=CCOc1ccccc1C(=O)NCCC(=O)OCC. The Labute approximate surface area is 118 Å². The number of rotatable bonds is 8. The molecule has 0 heterocycles. The summed E-state index contributed by atoms with van der Waals surface area (Å²) in [5.74, 6) is -0.126. The first-order chi connectivity index (χ1) is 9.69. The van der Waals surface area contributed by atoms with Crippen molar-refractivity contribution in [3.63, 3.8) is 0 Å². The van der Waals surface area contributed by atoms with Gasteiger partial charge in [0, 0.05) is 6.54 Å². The number of benzene rings is 1. The molecule has 0 spiro atoms. The van der Waals surface area contributed by atoms with E-state index in [-0.39, 0.29) is 24.8 Å². The molecular formula is C15H19NO4. The van der Waals surface area contributed by atoms with Crippen LogP contribution < -0.4 is 10.1 Å². The lowest BCUT2D eigenvalue weighted by Crippen LogP contribution is -2.27. The summed E-state index contributed by atoms with van der Waals surface area (Å²) in [6.07, 6.45) is 1.75. The van der Waals surface area contributed by atoms with Gasteiger partial charge in [-0.05, 0) is 19.1 Å². The highest BCUT2D eigenvalue weighted by Gasteiger charge is 2.12. The van der Waals surface area contributed by atoms with Crippen LogP contribution in [0.5, 0.6) is 5.75 Å². The topological polar surface area (TPSA) is 64.6 Å². The van der Waals surface area contributed by atoms with Gasteiger partial charge in [0.2, 0.25) is 0 Å². The summed E-state index contributed by atoms with van der Waals surface area (Å²) in [7, 11) is 0. The van der Waals surface area contributed by atoms with Gasteiger partial charge in [-0.3, -0.25) is 9.59 Å². The molecule has 20 heavy (non-hydrogen) atoms. The molecule has 0 unspecified atom stereocenters. The van der Waals surface area contributed by atoms with E-state index in [1.165, 1.54) is 0 Å². The van der Waals surface area contributed by atoms with Crippen molar-refractivity contribution in [3.8, 4) is 5.75 Å². The molecule has 0 fully saturated rings. The Balaban J connectivity index is 2.54. The molecule has 1 amide bonds. The van der Waals surface area contributed by atoms with Gasteiger partial charge in [0.05, 0.1) is 18.6 Å². The summed E-state index contributed by atoms with van der Waals surface area (Å²) >= 11 is 0. The van der Waals surface area contributed by atoms with E-state index in [1.807, 2.05) is 0 Å². The highest BCUT2D eigenvalue weighted by atomic mass is 16.5. The van der Waals surface area contributed by atoms with Gasteiger partial charge in [-0.2, -0.15) is 0 Å². The molecule has 1 aromatic rings. The number of hydrogen-bond donors (Lipinski definition) is 1. The maximum atomic E-state index is 12.0. The summed E-state index contributed by atoms with van der Waals surface area (Å²) in [5, 5.41) is 2.66. The maximum absolute atomic E-state index is 12.0. The Morgan fingerprint density at radius 2 is 2.10 bits per heavy atom. The Morgan fingerprint density at radius 1 is 1.35 bits per heavy atom. The highest BCUT2D eigenvalue weighted by molar-refractivity contribution is 5.97. The molecule has 0 aromatic heterocycles. The third-order valence-electron chi connectivity index (χ3n) is 2.41. The lowest BCUT2D eigenvalue weighted by atomic mass is 10.2. The van der Waals surface area contributed by atoms with Gasteiger partial charge < -0.3 is 14.8 Å². The zero-order valence-corrected chi connectivity index (χ0v) is 11.6. The number of hydrogen-bond acceptors (Lipinski definition) is 4. The van der Waals surface area contributed by atoms with Crippen LogP contribution in [0.1, 0.15) is 23.7 Å². The van der Waals surface area contributed by atoms with Crippen LogP contribution in [0.4, 0.5) is 0 Å². The average molecular weight is 277 g/mol. The summed E-state index contributed by atoms with van der Waals surface area (Å²) in [6.45, 7) is 6.19. The predicted molar refractivity (Wildman–Crippen MR) is 75.7 cm³/mol.